The summed E-state index contributed by atoms with van der Waals surface area (Å²) in [4.78, 5) is 37.9. The Morgan fingerprint density at radius 1 is 1.14 bits per heavy atom. The van der Waals surface area contributed by atoms with Crippen molar-refractivity contribution in [1.82, 2.24) is 20.1 Å². The summed E-state index contributed by atoms with van der Waals surface area (Å²) in [5, 5.41) is 14.2. The lowest BCUT2D eigenvalue weighted by molar-refractivity contribution is -0.192. The molecule has 3 saturated heterocycles. The molecular weight excluding hydrogens is 467 g/mol. The van der Waals surface area contributed by atoms with Crippen LogP contribution in [0.25, 0.3) is 10.9 Å². The predicted molar refractivity (Wildman–Crippen MR) is 122 cm³/mol. The Balaban J connectivity index is 0.000000364. The van der Waals surface area contributed by atoms with Crippen LogP contribution in [0, 0.1) is 0 Å². The fourth-order valence-electron chi connectivity index (χ4n) is 4.93. The third-order valence-corrected chi connectivity index (χ3v) is 6.74. The molecule has 35 heavy (non-hydrogen) atoms. The number of rotatable bonds is 3. The maximum atomic E-state index is 12.4. The molecule has 2 amide bonds. The summed E-state index contributed by atoms with van der Waals surface area (Å²) in [5.74, 6) is -3.34. The van der Waals surface area contributed by atoms with Crippen LogP contribution in [-0.2, 0) is 21.4 Å². The number of alkyl halides is 3. The molecule has 12 heteroatoms. The van der Waals surface area contributed by atoms with Gasteiger partial charge in [0.25, 0.3) is 0 Å². The molecule has 0 saturated carbocycles. The molecule has 3 aliphatic rings. The van der Waals surface area contributed by atoms with Gasteiger partial charge in [-0.25, -0.2) is 4.79 Å². The van der Waals surface area contributed by atoms with Crippen LogP contribution in [0.3, 0.4) is 0 Å². The minimum absolute atomic E-state index is 0.165. The van der Waals surface area contributed by atoms with Gasteiger partial charge < -0.3 is 19.9 Å². The molecule has 1 aromatic heterocycles. The number of nitrogens with zero attached hydrogens (tertiary/aromatic N) is 3. The van der Waals surface area contributed by atoms with Crippen LogP contribution in [0.15, 0.2) is 24.4 Å². The molecule has 3 N–H and O–H groups in total. The van der Waals surface area contributed by atoms with Crippen LogP contribution in [0.2, 0.25) is 0 Å². The number of imide groups is 1. The van der Waals surface area contributed by atoms with Gasteiger partial charge in [0.15, 0.2) is 0 Å². The first-order valence-corrected chi connectivity index (χ1v) is 11.5. The van der Waals surface area contributed by atoms with Crippen LogP contribution in [-0.4, -0.2) is 83.8 Å². The number of amides is 2. The first-order chi connectivity index (χ1) is 16.6. The Bertz CT molecular complexity index is 1120. The summed E-state index contributed by atoms with van der Waals surface area (Å²) < 4.78 is 33.9. The van der Waals surface area contributed by atoms with Crippen molar-refractivity contribution in [1.29, 1.82) is 0 Å². The van der Waals surface area contributed by atoms with Crippen molar-refractivity contribution in [3.63, 3.8) is 0 Å². The highest BCUT2D eigenvalue weighted by atomic mass is 19.4. The molecule has 0 radical (unpaired) electrons. The average Bonchev–Trinajstić information content (AvgIpc) is 3.10. The number of carboxylic acid groups (broad SMARTS) is 1. The quantitative estimate of drug-likeness (QED) is 0.553. The van der Waals surface area contributed by atoms with Gasteiger partial charge in [-0.3, -0.25) is 19.8 Å². The van der Waals surface area contributed by atoms with Crippen LogP contribution in [0.5, 0.6) is 0 Å². The van der Waals surface area contributed by atoms with E-state index >= 15 is 0 Å². The summed E-state index contributed by atoms with van der Waals surface area (Å²) in [6, 6.07) is 7.01. The molecule has 1 aromatic carbocycles. The molecule has 0 aliphatic carbocycles. The summed E-state index contributed by atoms with van der Waals surface area (Å²) in [7, 11) is 2.05. The van der Waals surface area contributed by atoms with Gasteiger partial charge in [0, 0.05) is 70.4 Å². The summed E-state index contributed by atoms with van der Waals surface area (Å²) >= 11 is 0. The molecule has 5 rings (SSSR count). The largest absolute Gasteiger partial charge is 0.490 e. The van der Waals surface area contributed by atoms with E-state index in [9.17, 15) is 22.8 Å². The molecule has 3 fully saturated rings. The summed E-state index contributed by atoms with van der Waals surface area (Å²) in [6.45, 7) is 6.54. The maximum Gasteiger partial charge on any atom is 0.490 e. The molecule has 0 spiro atoms. The van der Waals surface area contributed by atoms with E-state index in [0.717, 1.165) is 50.2 Å². The standard InChI is InChI=1S/C21H27N5O2.C2HF3O2/c1-24-13-17(16-5-6-19(27)23-21(16)28)15-3-2-4-18(20(15)24)26-11-14(12-26)25-9-7-22-8-10-25;3-2(4,5)1(6)7/h2-4,13-14,16,22H,5-12H2,1H3,(H,23,27,28);(H,6,7). The molecular formula is C23H28F3N5O4. The first-order valence-electron chi connectivity index (χ1n) is 11.5. The van der Waals surface area contributed by atoms with Gasteiger partial charge in [0.2, 0.25) is 11.8 Å². The van der Waals surface area contributed by atoms with Crippen LogP contribution >= 0.6 is 0 Å². The van der Waals surface area contributed by atoms with E-state index in [1.165, 1.54) is 11.2 Å². The van der Waals surface area contributed by atoms with Gasteiger partial charge >= 0.3 is 12.1 Å². The number of nitrogens with one attached hydrogen (secondary N) is 2. The van der Waals surface area contributed by atoms with E-state index in [-0.39, 0.29) is 17.7 Å². The molecule has 0 bridgehead atoms. The Hall–Kier alpha value is -3.12. The third kappa shape index (κ3) is 5.27. The zero-order valence-corrected chi connectivity index (χ0v) is 19.3. The number of fused-ring (bicyclic) bond motifs is 1. The molecule has 1 unspecified atom stereocenters. The van der Waals surface area contributed by atoms with Crippen molar-refractivity contribution in [2.75, 3.05) is 44.2 Å². The zero-order chi connectivity index (χ0) is 25.3. The lowest BCUT2D eigenvalue weighted by Gasteiger charge is -2.48. The number of piperidine rings is 1. The average molecular weight is 496 g/mol. The van der Waals surface area contributed by atoms with E-state index in [2.05, 4.69) is 56.4 Å². The van der Waals surface area contributed by atoms with Crippen LogP contribution < -0.4 is 15.5 Å². The molecule has 9 nitrogen and oxygen atoms in total. The lowest BCUT2D eigenvalue weighted by Crippen LogP contribution is -2.63. The Morgan fingerprint density at radius 2 is 1.80 bits per heavy atom. The maximum absolute atomic E-state index is 12.4. The second-order valence-electron chi connectivity index (χ2n) is 9.02. The topological polar surface area (TPSA) is 107 Å². The number of carbonyl (C=O) groups excluding carboxylic acids is 2. The molecule has 2 aromatic rings. The summed E-state index contributed by atoms with van der Waals surface area (Å²) in [5.41, 5.74) is 3.45. The van der Waals surface area contributed by atoms with Gasteiger partial charge in [0.1, 0.15) is 0 Å². The third-order valence-electron chi connectivity index (χ3n) is 6.74. The number of para-hydroxylation sites is 1. The Labute approximate surface area is 199 Å². The van der Waals surface area contributed by atoms with Gasteiger partial charge in [-0.05, 0) is 18.1 Å². The van der Waals surface area contributed by atoms with Gasteiger partial charge in [-0.2, -0.15) is 13.2 Å². The number of anilines is 1. The van der Waals surface area contributed by atoms with Gasteiger partial charge in [-0.15, -0.1) is 0 Å². The van der Waals surface area contributed by atoms with Crippen LogP contribution in [0.1, 0.15) is 24.3 Å². The van der Waals surface area contributed by atoms with Crippen LogP contribution in [0.4, 0.5) is 18.9 Å². The van der Waals surface area contributed by atoms with E-state index in [4.69, 9.17) is 9.90 Å². The molecule has 3 aliphatic heterocycles. The number of aryl methyl sites for hydroxylation is 1. The number of hydrogen-bond donors (Lipinski definition) is 3. The highest BCUT2D eigenvalue weighted by molar-refractivity contribution is 6.04. The van der Waals surface area contributed by atoms with E-state index in [1.807, 2.05) is 0 Å². The van der Waals surface area contributed by atoms with Crippen molar-refractivity contribution in [2.24, 2.45) is 7.05 Å². The molecule has 4 heterocycles. The zero-order valence-electron chi connectivity index (χ0n) is 19.3. The van der Waals surface area contributed by atoms with Crippen molar-refractivity contribution < 1.29 is 32.7 Å². The Kier molecular flexibility index (Phi) is 7.04. The number of aliphatic carboxylic acids is 1. The monoisotopic (exact) mass is 495 g/mol. The van der Waals surface area contributed by atoms with Crippen molar-refractivity contribution in [2.45, 2.75) is 31.0 Å². The van der Waals surface area contributed by atoms with E-state index in [0.29, 0.717) is 18.9 Å². The fraction of sp³-hybridized carbons (Fsp3) is 0.522. The number of halogens is 3. The molecule has 190 valence electrons. The Morgan fingerprint density at radius 3 is 2.40 bits per heavy atom. The first kappa shape index (κ1) is 25.0. The second-order valence-corrected chi connectivity index (χ2v) is 9.02. The van der Waals surface area contributed by atoms with Crippen molar-refractivity contribution in [3.05, 3.63) is 30.0 Å². The summed E-state index contributed by atoms with van der Waals surface area (Å²) in [6.07, 6.45) is -2.02. The predicted octanol–water partition coefficient (Wildman–Crippen LogP) is 1.43. The number of benzene rings is 1. The van der Waals surface area contributed by atoms with Gasteiger partial charge in [0.05, 0.1) is 17.1 Å². The highest BCUT2D eigenvalue weighted by Crippen LogP contribution is 2.38. The highest BCUT2D eigenvalue weighted by Gasteiger charge is 2.38. The fourth-order valence-corrected chi connectivity index (χ4v) is 4.93. The van der Waals surface area contributed by atoms with Gasteiger partial charge in [-0.1, -0.05) is 12.1 Å². The van der Waals surface area contributed by atoms with E-state index in [1.54, 1.807) is 0 Å². The van der Waals surface area contributed by atoms with E-state index < -0.39 is 12.1 Å². The number of carboxylic acids is 1. The smallest absolute Gasteiger partial charge is 0.475 e. The number of piperazine rings is 1. The number of carbonyl (C=O) groups is 3. The SMILES string of the molecule is Cn1cc(C2CCC(=O)NC2=O)c2cccc(N3CC(N4CCNCC4)C3)c21.O=C(O)C(F)(F)F. The normalized spacial score (nSPS) is 21.8. The minimum Gasteiger partial charge on any atom is -0.475 e. The lowest BCUT2D eigenvalue weighted by atomic mass is 9.90. The molecule has 1 atom stereocenters. The van der Waals surface area contributed by atoms with Crippen molar-refractivity contribution in [3.8, 4) is 0 Å². The minimum atomic E-state index is -5.08. The number of hydrogen-bond acceptors (Lipinski definition) is 6. The van der Waals surface area contributed by atoms with Crippen molar-refractivity contribution >= 4 is 34.4 Å². The number of aromatic nitrogens is 1. The second kappa shape index (κ2) is 9.86.